The molecule has 6 heteroatoms. The normalized spacial score (nSPS) is 18.1. The monoisotopic (exact) mass is 417 g/mol. The van der Waals surface area contributed by atoms with E-state index in [0.717, 1.165) is 49.5 Å². The Balaban J connectivity index is 1.26. The number of hydrogen-bond acceptors (Lipinski definition) is 4. The molecule has 0 bridgehead atoms. The third-order valence-corrected chi connectivity index (χ3v) is 5.89. The van der Waals surface area contributed by atoms with Crippen molar-refractivity contribution < 1.29 is 14.3 Å². The first-order valence-corrected chi connectivity index (χ1v) is 11.0. The number of amides is 1. The van der Waals surface area contributed by atoms with Crippen LogP contribution in [0.1, 0.15) is 35.2 Å². The van der Waals surface area contributed by atoms with E-state index in [-0.39, 0.29) is 5.91 Å². The molecule has 5 rings (SSSR count). The van der Waals surface area contributed by atoms with Gasteiger partial charge in [-0.1, -0.05) is 12.1 Å². The zero-order chi connectivity index (χ0) is 21.0. The van der Waals surface area contributed by atoms with E-state index in [9.17, 15) is 4.79 Å². The zero-order valence-electron chi connectivity index (χ0n) is 17.5. The van der Waals surface area contributed by atoms with Crippen molar-refractivity contribution in [2.45, 2.75) is 31.8 Å². The summed E-state index contributed by atoms with van der Waals surface area (Å²) in [6, 6.07) is 18.0. The number of aromatic nitrogens is 2. The molecule has 1 amide bonds. The SMILES string of the molecule is O=C(c1ccc(-n2cccn2)cc1)N(Cc1cccc(OCC2CCOC2)c1)C1CC1. The number of rotatable bonds is 8. The predicted molar refractivity (Wildman–Crippen MR) is 117 cm³/mol. The molecule has 0 spiro atoms. The minimum absolute atomic E-state index is 0.0731. The maximum Gasteiger partial charge on any atom is 0.254 e. The number of hydrogen-bond donors (Lipinski definition) is 0. The van der Waals surface area contributed by atoms with Gasteiger partial charge in [0.2, 0.25) is 0 Å². The fourth-order valence-corrected chi connectivity index (χ4v) is 3.96. The molecule has 1 saturated carbocycles. The van der Waals surface area contributed by atoms with Crippen molar-refractivity contribution in [3.05, 3.63) is 78.1 Å². The Morgan fingerprint density at radius 2 is 2.00 bits per heavy atom. The van der Waals surface area contributed by atoms with Gasteiger partial charge in [0.1, 0.15) is 5.75 Å². The molecule has 1 unspecified atom stereocenters. The molecule has 6 nitrogen and oxygen atoms in total. The standard InChI is InChI=1S/C25H27N3O3/c29-25(21-5-7-23(8-6-21)28-13-2-12-26-28)27(22-9-10-22)16-19-3-1-4-24(15-19)31-18-20-11-14-30-17-20/h1-8,12-13,15,20,22H,9-11,14,16-18H2. The lowest BCUT2D eigenvalue weighted by atomic mass is 10.1. The zero-order valence-corrected chi connectivity index (χ0v) is 17.5. The molecule has 2 heterocycles. The summed E-state index contributed by atoms with van der Waals surface area (Å²) in [6.45, 7) is 2.88. The second-order valence-corrected chi connectivity index (χ2v) is 8.35. The molecule has 1 aromatic heterocycles. The Bertz CT molecular complexity index is 1010. The Morgan fingerprint density at radius 3 is 2.71 bits per heavy atom. The average Bonchev–Trinajstić information content (AvgIpc) is 3.26. The van der Waals surface area contributed by atoms with Crippen molar-refractivity contribution in [1.29, 1.82) is 0 Å². The van der Waals surface area contributed by atoms with Crippen LogP contribution in [0.4, 0.5) is 0 Å². The summed E-state index contributed by atoms with van der Waals surface area (Å²) in [4.78, 5) is 15.3. The molecule has 1 atom stereocenters. The highest BCUT2D eigenvalue weighted by Crippen LogP contribution is 2.30. The van der Waals surface area contributed by atoms with Crippen molar-refractivity contribution in [2.75, 3.05) is 19.8 Å². The van der Waals surface area contributed by atoms with Crippen LogP contribution >= 0.6 is 0 Å². The van der Waals surface area contributed by atoms with E-state index < -0.39 is 0 Å². The van der Waals surface area contributed by atoms with E-state index in [1.165, 1.54) is 0 Å². The summed E-state index contributed by atoms with van der Waals surface area (Å²) in [6.07, 6.45) is 6.82. The van der Waals surface area contributed by atoms with Gasteiger partial charge >= 0.3 is 0 Å². The van der Waals surface area contributed by atoms with Gasteiger partial charge in [-0.2, -0.15) is 5.10 Å². The van der Waals surface area contributed by atoms with Crippen LogP contribution in [0.15, 0.2) is 67.0 Å². The van der Waals surface area contributed by atoms with Crippen molar-refractivity contribution in [3.63, 3.8) is 0 Å². The van der Waals surface area contributed by atoms with Crippen LogP contribution in [-0.2, 0) is 11.3 Å². The molecular weight excluding hydrogens is 390 g/mol. The average molecular weight is 418 g/mol. The van der Waals surface area contributed by atoms with Gasteiger partial charge in [-0.3, -0.25) is 4.79 Å². The Kier molecular flexibility index (Phi) is 5.71. The minimum atomic E-state index is 0.0731. The number of carbonyl (C=O) groups is 1. The van der Waals surface area contributed by atoms with Crippen molar-refractivity contribution in [3.8, 4) is 11.4 Å². The Morgan fingerprint density at radius 1 is 1.13 bits per heavy atom. The molecule has 2 fully saturated rings. The second-order valence-electron chi connectivity index (χ2n) is 8.35. The van der Waals surface area contributed by atoms with Crippen molar-refractivity contribution in [1.82, 2.24) is 14.7 Å². The number of benzene rings is 2. The predicted octanol–water partition coefficient (Wildman–Crippen LogP) is 4.09. The lowest BCUT2D eigenvalue weighted by molar-refractivity contribution is 0.0729. The highest BCUT2D eigenvalue weighted by molar-refractivity contribution is 5.94. The van der Waals surface area contributed by atoms with Crippen LogP contribution in [-0.4, -0.2) is 46.5 Å². The summed E-state index contributed by atoms with van der Waals surface area (Å²) in [5.41, 5.74) is 2.74. The first-order chi connectivity index (χ1) is 15.3. The van der Waals surface area contributed by atoms with Gasteiger partial charge in [-0.05, 0) is 67.3 Å². The van der Waals surface area contributed by atoms with Gasteiger partial charge in [0, 0.05) is 43.1 Å². The molecule has 3 aromatic rings. The summed E-state index contributed by atoms with van der Waals surface area (Å²) >= 11 is 0. The van der Waals surface area contributed by atoms with Crippen LogP contribution in [0.3, 0.4) is 0 Å². The lowest BCUT2D eigenvalue weighted by Gasteiger charge is -2.23. The molecule has 2 aliphatic rings. The lowest BCUT2D eigenvalue weighted by Crippen LogP contribution is -2.32. The molecule has 0 N–H and O–H groups in total. The van der Waals surface area contributed by atoms with Crippen LogP contribution in [0.25, 0.3) is 5.69 Å². The largest absolute Gasteiger partial charge is 0.493 e. The highest BCUT2D eigenvalue weighted by atomic mass is 16.5. The molecule has 160 valence electrons. The third kappa shape index (κ3) is 4.80. The van der Waals surface area contributed by atoms with E-state index in [4.69, 9.17) is 9.47 Å². The van der Waals surface area contributed by atoms with E-state index in [1.54, 1.807) is 10.9 Å². The van der Waals surface area contributed by atoms with Gasteiger partial charge in [-0.15, -0.1) is 0 Å². The van der Waals surface area contributed by atoms with Crippen LogP contribution < -0.4 is 4.74 Å². The fraction of sp³-hybridized carbons (Fsp3) is 0.360. The van der Waals surface area contributed by atoms with Gasteiger partial charge in [-0.25, -0.2) is 4.68 Å². The molecule has 0 radical (unpaired) electrons. The van der Waals surface area contributed by atoms with Gasteiger partial charge in [0.05, 0.1) is 18.9 Å². The number of nitrogens with zero attached hydrogens (tertiary/aromatic N) is 3. The van der Waals surface area contributed by atoms with Crippen LogP contribution in [0.2, 0.25) is 0 Å². The summed E-state index contributed by atoms with van der Waals surface area (Å²) in [7, 11) is 0. The first kappa shape index (κ1) is 19.8. The van der Waals surface area contributed by atoms with E-state index in [1.807, 2.05) is 53.6 Å². The van der Waals surface area contributed by atoms with Crippen molar-refractivity contribution in [2.24, 2.45) is 5.92 Å². The second kappa shape index (κ2) is 8.94. The molecule has 1 aliphatic carbocycles. The molecule has 31 heavy (non-hydrogen) atoms. The summed E-state index contributed by atoms with van der Waals surface area (Å²) in [5, 5.41) is 4.24. The number of carbonyl (C=O) groups excluding carboxylic acids is 1. The Hall–Kier alpha value is -3.12. The van der Waals surface area contributed by atoms with E-state index in [0.29, 0.717) is 30.7 Å². The van der Waals surface area contributed by atoms with Crippen molar-refractivity contribution >= 4 is 5.91 Å². The third-order valence-electron chi connectivity index (χ3n) is 5.89. The van der Waals surface area contributed by atoms with E-state index >= 15 is 0 Å². The quantitative estimate of drug-likeness (QED) is 0.554. The molecule has 1 saturated heterocycles. The topological polar surface area (TPSA) is 56.6 Å². The maximum atomic E-state index is 13.3. The van der Waals surface area contributed by atoms with E-state index in [2.05, 4.69) is 17.2 Å². The van der Waals surface area contributed by atoms with Gasteiger partial charge < -0.3 is 14.4 Å². The maximum absolute atomic E-state index is 13.3. The molecule has 2 aromatic carbocycles. The first-order valence-electron chi connectivity index (χ1n) is 11.0. The summed E-state index contributed by atoms with van der Waals surface area (Å²) in [5.74, 6) is 1.40. The molecule has 1 aliphatic heterocycles. The number of ether oxygens (including phenoxy) is 2. The summed E-state index contributed by atoms with van der Waals surface area (Å²) < 4.78 is 13.2. The fourth-order valence-electron chi connectivity index (χ4n) is 3.96. The smallest absolute Gasteiger partial charge is 0.254 e. The van der Waals surface area contributed by atoms with Crippen LogP contribution in [0, 0.1) is 5.92 Å². The Labute approximate surface area is 182 Å². The highest BCUT2D eigenvalue weighted by Gasteiger charge is 2.33. The van der Waals surface area contributed by atoms with Gasteiger partial charge in [0.15, 0.2) is 0 Å². The molecular formula is C25H27N3O3. The van der Waals surface area contributed by atoms with Gasteiger partial charge in [0.25, 0.3) is 5.91 Å². The van der Waals surface area contributed by atoms with Crippen LogP contribution in [0.5, 0.6) is 5.75 Å². The minimum Gasteiger partial charge on any atom is -0.493 e.